The standard InChI is InChI=1S/C22H22F2O3.C2H6/c23-22(24)12-10-19(11-13-22)18-8-6-16(7-9-18)14-20(25)21(26)27-15-17-4-2-1-3-5-17;1-2/h1-10,20,25H,11-15H2;1-2H3. The zero-order chi connectivity index (χ0) is 21.3. The van der Waals surface area contributed by atoms with E-state index in [1.807, 2.05) is 56.3 Å². The Hall–Kier alpha value is -2.53. The quantitative estimate of drug-likeness (QED) is 0.643. The number of allylic oxidation sites excluding steroid dienone is 2. The van der Waals surface area contributed by atoms with Gasteiger partial charge < -0.3 is 9.84 Å². The summed E-state index contributed by atoms with van der Waals surface area (Å²) >= 11 is 0. The zero-order valence-corrected chi connectivity index (χ0v) is 16.9. The molecule has 0 saturated heterocycles. The Morgan fingerprint density at radius 3 is 2.31 bits per heavy atom. The molecule has 2 aromatic rings. The number of aliphatic hydroxyl groups excluding tert-OH is 1. The van der Waals surface area contributed by atoms with E-state index in [0.717, 1.165) is 22.3 Å². The Bertz CT molecular complexity index is 799. The lowest BCUT2D eigenvalue weighted by Crippen LogP contribution is -2.25. The van der Waals surface area contributed by atoms with E-state index >= 15 is 0 Å². The van der Waals surface area contributed by atoms with Crippen LogP contribution in [-0.4, -0.2) is 23.1 Å². The molecule has 1 unspecified atom stereocenters. The van der Waals surface area contributed by atoms with Crippen LogP contribution in [0.2, 0.25) is 0 Å². The van der Waals surface area contributed by atoms with Gasteiger partial charge in [0.1, 0.15) is 6.61 Å². The second-order valence-corrected chi connectivity index (χ2v) is 6.80. The van der Waals surface area contributed by atoms with Gasteiger partial charge in [0, 0.05) is 19.3 Å². The van der Waals surface area contributed by atoms with Crippen LogP contribution in [0, 0.1) is 0 Å². The molecule has 1 aliphatic carbocycles. The van der Waals surface area contributed by atoms with Crippen LogP contribution in [0.3, 0.4) is 0 Å². The Morgan fingerprint density at radius 2 is 1.72 bits per heavy atom. The minimum atomic E-state index is -2.60. The van der Waals surface area contributed by atoms with Crippen LogP contribution >= 0.6 is 0 Å². The molecule has 0 heterocycles. The number of carbonyl (C=O) groups is 1. The molecule has 1 aliphatic rings. The van der Waals surface area contributed by atoms with E-state index in [9.17, 15) is 18.7 Å². The van der Waals surface area contributed by atoms with Gasteiger partial charge in [-0.15, -0.1) is 0 Å². The molecule has 0 radical (unpaired) electrons. The largest absolute Gasteiger partial charge is 0.459 e. The lowest BCUT2D eigenvalue weighted by atomic mass is 9.91. The highest BCUT2D eigenvalue weighted by Crippen LogP contribution is 2.36. The fourth-order valence-electron chi connectivity index (χ4n) is 3.04. The summed E-state index contributed by atoms with van der Waals surface area (Å²) in [6.07, 6.45) is 0.482. The van der Waals surface area contributed by atoms with Crippen molar-refractivity contribution in [1.29, 1.82) is 0 Å². The maximum absolute atomic E-state index is 13.2. The third kappa shape index (κ3) is 7.09. The predicted octanol–water partition coefficient (Wildman–Crippen LogP) is 5.56. The minimum Gasteiger partial charge on any atom is -0.459 e. The van der Waals surface area contributed by atoms with Gasteiger partial charge in [-0.1, -0.05) is 74.5 Å². The van der Waals surface area contributed by atoms with E-state index in [1.54, 1.807) is 18.2 Å². The Morgan fingerprint density at radius 1 is 1.07 bits per heavy atom. The topological polar surface area (TPSA) is 46.5 Å². The number of benzene rings is 2. The Labute approximate surface area is 171 Å². The third-order valence-corrected chi connectivity index (χ3v) is 4.66. The summed E-state index contributed by atoms with van der Waals surface area (Å²) in [4.78, 5) is 11.9. The van der Waals surface area contributed by atoms with Crippen LogP contribution in [0.5, 0.6) is 0 Å². The summed E-state index contributed by atoms with van der Waals surface area (Å²) < 4.78 is 31.6. The summed E-state index contributed by atoms with van der Waals surface area (Å²) in [6, 6.07) is 16.5. The average Bonchev–Trinajstić information content (AvgIpc) is 2.75. The number of hydrogen-bond donors (Lipinski definition) is 1. The van der Waals surface area contributed by atoms with Crippen LogP contribution in [-0.2, 0) is 22.6 Å². The highest BCUT2D eigenvalue weighted by Gasteiger charge is 2.31. The number of alkyl halides is 2. The van der Waals surface area contributed by atoms with E-state index in [0.29, 0.717) is 6.42 Å². The molecule has 5 heteroatoms. The van der Waals surface area contributed by atoms with Crippen molar-refractivity contribution in [1.82, 2.24) is 0 Å². The van der Waals surface area contributed by atoms with Gasteiger partial charge >= 0.3 is 5.97 Å². The van der Waals surface area contributed by atoms with Gasteiger partial charge in [0.25, 0.3) is 5.92 Å². The molecule has 1 N–H and O–H groups in total. The molecular weight excluding hydrogens is 374 g/mol. The second kappa shape index (κ2) is 10.9. The molecule has 0 bridgehead atoms. The smallest absolute Gasteiger partial charge is 0.335 e. The number of esters is 1. The Balaban J connectivity index is 0.00000145. The van der Waals surface area contributed by atoms with Crippen molar-refractivity contribution < 1.29 is 23.4 Å². The van der Waals surface area contributed by atoms with Crippen LogP contribution in [0.1, 0.15) is 49.8 Å². The average molecular weight is 402 g/mol. The van der Waals surface area contributed by atoms with Gasteiger partial charge in [-0.2, -0.15) is 0 Å². The summed E-state index contributed by atoms with van der Waals surface area (Å²) in [5.74, 6) is -3.27. The summed E-state index contributed by atoms with van der Waals surface area (Å²) in [5.41, 5.74) is 3.45. The van der Waals surface area contributed by atoms with Crippen LogP contribution < -0.4 is 0 Å². The first-order chi connectivity index (χ1) is 13.9. The highest BCUT2D eigenvalue weighted by molar-refractivity contribution is 5.75. The number of hydrogen-bond acceptors (Lipinski definition) is 3. The molecule has 156 valence electrons. The molecule has 0 fully saturated rings. The maximum atomic E-state index is 13.2. The van der Waals surface area contributed by atoms with Gasteiger partial charge in [0.05, 0.1) is 0 Å². The fraction of sp³-hybridized carbons (Fsp3) is 0.375. The lowest BCUT2D eigenvalue weighted by Gasteiger charge is -2.21. The first-order valence-electron chi connectivity index (χ1n) is 9.98. The summed E-state index contributed by atoms with van der Waals surface area (Å²) in [7, 11) is 0. The van der Waals surface area contributed by atoms with Crippen LogP contribution in [0.4, 0.5) is 8.78 Å². The van der Waals surface area contributed by atoms with Crippen molar-refractivity contribution in [3.63, 3.8) is 0 Å². The highest BCUT2D eigenvalue weighted by atomic mass is 19.3. The van der Waals surface area contributed by atoms with Crippen LogP contribution in [0.25, 0.3) is 5.57 Å². The monoisotopic (exact) mass is 402 g/mol. The molecule has 0 aliphatic heterocycles. The van der Waals surface area contributed by atoms with Crippen LogP contribution in [0.15, 0.2) is 60.7 Å². The normalized spacial score (nSPS) is 16.1. The minimum absolute atomic E-state index is 0.120. The molecule has 3 nitrogen and oxygen atoms in total. The third-order valence-electron chi connectivity index (χ3n) is 4.66. The number of rotatable bonds is 6. The maximum Gasteiger partial charge on any atom is 0.335 e. The van der Waals surface area contributed by atoms with Gasteiger partial charge in [-0.3, -0.25) is 0 Å². The van der Waals surface area contributed by atoms with Gasteiger partial charge in [-0.25, -0.2) is 13.6 Å². The lowest BCUT2D eigenvalue weighted by molar-refractivity contribution is -0.154. The summed E-state index contributed by atoms with van der Waals surface area (Å²) in [5, 5.41) is 10.1. The van der Waals surface area contributed by atoms with E-state index in [4.69, 9.17) is 4.74 Å². The van der Waals surface area contributed by atoms with Crippen molar-refractivity contribution in [2.75, 3.05) is 0 Å². The predicted molar refractivity (Wildman–Crippen MR) is 111 cm³/mol. The molecule has 1 atom stereocenters. The van der Waals surface area contributed by atoms with E-state index in [-0.39, 0.29) is 25.9 Å². The first kappa shape index (κ1) is 22.8. The molecule has 0 amide bonds. The van der Waals surface area contributed by atoms with Crippen molar-refractivity contribution in [3.8, 4) is 0 Å². The fourth-order valence-corrected chi connectivity index (χ4v) is 3.04. The number of aliphatic hydroxyl groups is 1. The Kier molecular flexibility index (Phi) is 8.52. The van der Waals surface area contributed by atoms with E-state index in [1.165, 1.54) is 0 Å². The molecule has 3 rings (SSSR count). The number of halogens is 2. The van der Waals surface area contributed by atoms with Crippen molar-refractivity contribution in [3.05, 3.63) is 77.4 Å². The molecule has 0 spiro atoms. The number of ether oxygens (including phenoxy) is 1. The molecular formula is C24H28F2O3. The second-order valence-electron chi connectivity index (χ2n) is 6.80. The van der Waals surface area contributed by atoms with E-state index < -0.39 is 18.0 Å². The molecule has 0 aromatic heterocycles. The van der Waals surface area contributed by atoms with Crippen molar-refractivity contribution in [2.24, 2.45) is 0 Å². The van der Waals surface area contributed by atoms with Crippen molar-refractivity contribution in [2.45, 2.75) is 58.2 Å². The first-order valence-corrected chi connectivity index (χ1v) is 9.98. The van der Waals surface area contributed by atoms with E-state index in [2.05, 4.69) is 0 Å². The molecule has 29 heavy (non-hydrogen) atoms. The molecule has 2 aromatic carbocycles. The zero-order valence-electron chi connectivity index (χ0n) is 16.9. The number of carbonyl (C=O) groups excluding carboxylic acids is 1. The van der Waals surface area contributed by atoms with Gasteiger partial charge in [0.15, 0.2) is 6.10 Å². The molecule has 0 saturated carbocycles. The van der Waals surface area contributed by atoms with Gasteiger partial charge in [0.2, 0.25) is 0 Å². The van der Waals surface area contributed by atoms with Gasteiger partial charge in [-0.05, 0) is 28.7 Å². The summed E-state index contributed by atoms with van der Waals surface area (Å²) in [6.45, 7) is 4.12. The van der Waals surface area contributed by atoms with Crippen molar-refractivity contribution >= 4 is 11.5 Å². The SMILES string of the molecule is CC.O=C(OCc1ccccc1)C(O)Cc1ccc(C2=CCC(F)(F)CC2)cc1.